The Morgan fingerprint density at radius 3 is 2.78 bits per heavy atom. The zero-order chi connectivity index (χ0) is 23.3. The van der Waals surface area contributed by atoms with Crippen LogP contribution in [0.15, 0.2) is 34.4 Å². The molecule has 0 amide bonds. The molecule has 0 unspecified atom stereocenters. The quantitative estimate of drug-likeness (QED) is 0.333. The maximum atomic E-state index is 13.4. The van der Waals surface area contributed by atoms with Crippen LogP contribution in [0.25, 0.3) is 0 Å². The normalized spacial score (nSPS) is 43.8. The third-order valence-electron chi connectivity index (χ3n) is 9.40. The molecular weight excluding hydrogens is 440 g/mol. The van der Waals surface area contributed by atoms with E-state index in [9.17, 15) is 14.7 Å². The van der Waals surface area contributed by atoms with Crippen molar-refractivity contribution in [2.75, 3.05) is 5.75 Å². The Kier molecular flexibility index (Phi) is 6.45. The van der Waals surface area contributed by atoms with Crippen LogP contribution in [0.4, 0.5) is 0 Å². The van der Waals surface area contributed by atoms with E-state index in [0.717, 1.165) is 23.5 Å². The van der Waals surface area contributed by atoms with Gasteiger partial charge in [0.25, 0.3) is 0 Å². The van der Waals surface area contributed by atoms with Crippen LogP contribution < -0.4 is 0 Å². The van der Waals surface area contributed by atoms with Gasteiger partial charge in [0.15, 0.2) is 0 Å². The van der Waals surface area contributed by atoms with Crippen LogP contribution in [0.2, 0.25) is 0 Å². The van der Waals surface area contributed by atoms with Crippen molar-refractivity contribution in [1.82, 2.24) is 0 Å². The monoisotopic (exact) mass is 476 g/mol. The first kappa shape index (κ1) is 24.0. The molecule has 4 rings (SSSR count). The minimum absolute atomic E-state index is 0.0141. The van der Waals surface area contributed by atoms with Gasteiger partial charge >= 0.3 is 5.97 Å². The van der Waals surface area contributed by atoms with E-state index in [4.69, 9.17) is 4.74 Å². The van der Waals surface area contributed by atoms with E-state index in [1.165, 1.54) is 11.8 Å². The van der Waals surface area contributed by atoms with Crippen molar-refractivity contribution in [3.05, 3.63) is 30.2 Å². The zero-order valence-corrected chi connectivity index (χ0v) is 21.3. The van der Waals surface area contributed by atoms with E-state index in [0.29, 0.717) is 12.8 Å². The molecule has 2 bridgehead atoms. The molecule has 0 aromatic carbocycles. The first-order valence-corrected chi connectivity index (χ1v) is 13.6. The van der Waals surface area contributed by atoms with Gasteiger partial charge in [-0.1, -0.05) is 39.8 Å². The van der Waals surface area contributed by atoms with Crippen molar-refractivity contribution in [1.29, 1.82) is 0 Å². The molecule has 3 aliphatic rings. The van der Waals surface area contributed by atoms with Crippen molar-refractivity contribution in [3.63, 3.8) is 0 Å². The lowest BCUT2D eigenvalue weighted by molar-refractivity contribution is -0.205. The van der Waals surface area contributed by atoms with Gasteiger partial charge in [-0.05, 0) is 54.4 Å². The number of carbonyl (C=O) groups excluding carboxylic acids is 2. The van der Waals surface area contributed by atoms with Crippen molar-refractivity contribution >= 4 is 34.9 Å². The molecule has 6 heteroatoms. The average molecular weight is 477 g/mol. The standard InChI is InChI=1S/C26H36O4S2/c1-6-24(4)14-19(30-20(28)15-32-21-8-7-13-31-21)25(5)16(2)9-11-26(17(3)23(24)29)12-10-18(27)22(25)26/h6-8,13,16-17,19,22-23,29H,1,9-12,14-15H2,2-5H3/t16-,17+,19-,22+,23+,24-,25+,26+/m1/s1. The van der Waals surface area contributed by atoms with Crippen LogP contribution in [0.3, 0.4) is 0 Å². The van der Waals surface area contributed by atoms with Gasteiger partial charge in [-0.3, -0.25) is 9.59 Å². The molecule has 1 aromatic rings. The molecule has 1 heterocycles. The number of ether oxygens (including phenoxy) is 1. The Bertz CT molecular complexity index is 882. The van der Waals surface area contributed by atoms with E-state index in [1.54, 1.807) is 11.3 Å². The van der Waals surface area contributed by atoms with E-state index >= 15 is 0 Å². The molecule has 3 fully saturated rings. The molecule has 4 nitrogen and oxygen atoms in total. The van der Waals surface area contributed by atoms with Gasteiger partial charge in [0, 0.05) is 23.2 Å². The van der Waals surface area contributed by atoms with Crippen LogP contribution in [0, 0.1) is 34.0 Å². The SMILES string of the molecule is C=C[C@]1(C)C[C@@H](OC(=O)CSc2cccs2)[C@]2(C)[C@H](C)CC[C@]3(CCC(=O)[C@H]32)[C@@H](C)[C@@H]1O. The van der Waals surface area contributed by atoms with Crippen LogP contribution in [0.1, 0.15) is 59.8 Å². The maximum absolute atomic E-state index is 13.4. The lowest BCUT2D eigenvalue weighted by atomic mass is 9.44. The molecular formula is C26H36O4S2. The van der Waals surface area contributed by atoms with Crippen molar-refractivity contribution in [2.24, 2.45) is 34.0 Å². The number of rotatable bonds is 5. The second-order valence-electron chi connectivity index (χ2n) is 10.8. The fraction of sp³-hybridized carbons (Fsp3) is 0.692. The number of aliphatic hydroxyl groups is 1. The summed E-state index contributed by atoms with van der Waals surface area (Å²) < 4.78 is 7.34. The number of thiophene rings is 1. The number of aliphatic hydroxyl groups excluding tert-OH is 1. The summed E-state index contributed by atoms with van der Waals surface area (Å²) in [5, 5.41) is 13.5. The summed E-state index contributed by atoms with van der Waals surface area (Å²) in [7, 11) is 0. The lowest BCUT2D eigenvalue weighted by Crippen LogP contribution is -2.63. The Balaban J connectivity index is 1.72. The smallest absolute Gasteiger partial charge is 0.316 e. The van der Waals surface area contributed by atoms with Gasteiger partial charge < -0.3 is 9.84 Å². The topological polar surface area (TPSA) is 63.6 Å². The molecule has 176 valence electrons. The highest BCUT2D eigenvalue weighted by atomic mass is 32.2. The molecule has 8 atom stereocenters. The predicted molar refractivity (Wildman–Crippen MR) is 130 cm³/mol. The van der Waals surface area contributed by atoms with E-state index < -0.39 is 23.0 Å². The van der Waals surface area contributed by atoms with Gasteiger partial charge in [-0.15, -0.1) is 29.7 Å². The Hall–Kier alpha value is -1.11. The first-order chi connectivity index (χ1) is 15.1. The van der Waals surface area contributed by atoms with Gasteiger partial charge in [-0.25, -0.2) is 0 Å². The average Bonchev–Trinajstić information content (AvgIpc) is 3.41. The predicted octanol–water partition coefficient (Wildman–Crippen LogP) is 5.75. The molecule has 0 radical (unpaired) electrons. The molecule has 3 saturated carbocycles. The molecule has 0 spiro atoms. The van der Waals surface area contributed by atoms with Gasteiger partial charge in [0.1, 0.15) is 11.9 Å². The molecule has 1 aromatic heterocycles. The summed E-state index contributed by atoms with van der Waals surface area (Å²) in [6.07, 6.45) is 4.56. The summed E-state index contributed by atoms with van der Waals surface area (Å²) in [4.78, 5) is 26.4. The fourth-order valence-corrected chi connectivity index (χ4v) is 8.74. The van der Waals surface area contributed by atoms with Crippen molar-refractivity contribution in [2.45, 2.75) is 76.2 Å². The molecule has 0 aliphatic heterocycles. The molecule has 0 saturated heterocycles. The minimum Gasteiger partial charge on any atom is -0.461 e. The number of carbonyl (C=O) groups is 2. The number of hydrogen-bond acceptors (Lipinski definition) is 6. The summed E-state index contributed by atoms with van der Waals surface area (Å²) in [5.74, 6) is 0.337. The van der Waals surface area contributed by atoms with Crippen LogP contribution in [-0.4, -0.2) is 34.8 Å². The summed E-state index contributed by atoms with van der Waals surface area (Å²) in [6.45, 7) is 12.6. The second kappa shape index (κ2) is 8.59. The molecule has 3 aliphatic carbocycles. The maximum Gasteiger partial charge on any atom is 0.316 e. The number of esters is 1. The van der Waals surface area contributed by atoms with Gasteiger partial charge in [0.05, 0.1) is 16.1 Å². The highest BCUT2D eigenvalue weighted by Gasteiger charge is 2.68. The summed E-state index contributed by atoms with van der Waals surface area (Å²) >= 11 is 3.10. The Morgan fingerprint density at radius 2 is 2.12 bits per heavy atom. The first-order valence-electron chi connectivity index (χ1n) is 11.8. The Morgan fingerprint density at radius 1 is 1.38 bits per heavy atom. The zero-order valence-electron chi connectivity index (χ0n) is 19.6. The summed E-state index contributed by atoms with van der Waals surface area (Å²) in [6, 6.07) is 3.97. The summed E-state index contributed by atoms with van der Waals surface area (Å²) in [5.41, 5.74) is -1.28. The Labute approximate surface area is 200 Å². The minimum atomic E-state index is -0.631. The number of thioether (sulfide) groups is 1. The highest BCUT2D eigenvalue weighted by Crippen LogP contribution is 2.68. The third-order valence-corrected chi connectivity index (χ3v) is 11.5. The third kappa shape index (κ3) is 3.61. The van der Waals surface area contributed by atoms with Crippen LogP contribution in [0.5, 0.6) is 0 Å². The van der Waals surface area contributed by atoms with Crippen molar-refractivity contribution in [3.8, 4) is 0 Å². The van der Waals surface area contributed by atoms with E-state index in [2.05, 4.69) is 27.4 Å². The fourth-order valence-electron chi connectivity index (χ4n) is 7.17. The highest BCUT2D eigenvalue weighted by molar-refractivity contribution is 8.01. The van der Waals surface area contributed by atoms with Crippen LogP contribution in [-0.2, 0) is 14.3 Å². The number of ketones is 1. The van der Waals surface area contributed by atoms with Crippen LogP contribution >= 0.6 is 23.1 Å². The van der Waals surface area contributed by atoms with Gasteiger partial charge in [0.2, 0.25) is 0 Å². The lowest BCUT2D eigenvalue weighted by Gasteiger charge is -2.61. The largest absolute Gasteiger partial charge is 0.461 e. The molecule has 1 N–H and O–H groups in total. The number of hydrogen-bond donors (Lipinski definition) is 1. The van der Waals surface area contributed by atoms with Gasteiger partial charge in [-0.2, -0.15) is 0 Å². The molecule has 32 heavy (non-hydrogen) atoms. The second-order valence-corrected chi connectivity index (χ2v) is 13.0. The number of Topliss-reactive ketones (excluding diaryl/α,β-unsaturated/α-hetero) is 1. The van der Waals surface area contributed by atoms with E-state index in [-0.39, 0.29) is 40.7 Å². The van der Waals surface area contributed by atoms with Crippen molar-refractivity contribution < 1.29 is 19.4 Å². The van der Waals surface area contributed by atoms with E-state index in [1.807, 2.05) is 30.5 Å².